The highest BCUT2D eigenvalue weighted by Gasteiger charge is 2.26. The summed E-state index contributed by atoms with van der Waals surface area (Å²) in [6.45, 7) is 4.98. The number of likely N-dealkylation sites (tertiary alicyclic amines) is 1. The van der Waals surface area contributed by atoms with Gasteiger partial charge in [-0.15, -0.1) is 0 Å². The Hall–Kier alpha value is -1.64. The van der Waals surface area contributed by atoms with Gasteiger partial charge < -0.3 is 4.90 Å². The molecule has 0 bridgehead atoms. The highest BCUT2D eigenvalue weighted by molar-refractivity contribution is 5.95. The summed E-state index contributed by atoms with van der Waals surface area (Å²) in [6.07, 6.45) is 0.485. The zero-order valence-electron chi connectivity index (χ0n) is 10.3. The third-order valence-electron chi connectivity index (χ3n) is 3.26. The van der Waals surface area contributed by atoms with E-state index in [0.717, 1.165) is 5.56 Å². The van der Waals surface area contributed by atoms with Crippen molar-refractivity contribution in [2.24, 2.45) is 5.92 Å². The number of aryl methyl sites for hydroxylation is 1. The van der Waals surface area contributed by atoms with Crippen LogP contribution in [-0.4, -0.2) is 29.7 Å². The number of carbonyl (C=O) groups excluding carboxylic acids is 2. The number of hydrogen-bond donors (Lipinski definition) is 0. The minimum Gasteiger partial charge on any atom is -0.337 e. The molecule has 90 valence electrons. The van der Waals surface area contributed by atoms with Crippen molar-refractivity contribution in [1.82, 2.24) is 4.90 Å². The van der Waals surface area contributed by atoms with Crippen molar-refractivity contribution in [2.45, 2.75) is 20.3 Å². The largest absolute Gasteiger partial charge is 0.337 e. The van der Waals surface area contributed by atoms with Gasteiger partial charge in [-0.2, -0.15) is 0 Å². The molecule has 3 heteroatoms. The second-order valence-corrected chi connectivity index (χ2v) is 4.73. The number of benzene rings is 1. The number of carbonyl (C=O) groups is 2. The quantitative estimate of drug-likeness (QED) is 0.741. The lowest BCUT2D eigenvalue weighted by atomic mass is 9.98. The fourth-order valence-electron chi connectivity index (χ4n) is 2.08. The van der Waals surface area contributed by atoms with Gasteiger partial charge >= 0.3 is 0 Å². The molecule has 1 unspecified atom stereocenters. The van der Waals surface area contributed by atoms with Crippen molar-refractivity contribution >= 4 is 11.7 Å². The molecule has 1 amide bonds. The van der Waals surface area contributed by atoms with E-state index in [1.54, 1.807) is 4.90 Å². The SMILES string of the molecule is Cc1ccc(C(=O)N2CCC(=O)C(C)C2)cc1. The fourth-order valence-corrected chi connectivity index (χ4v) is 2.08. The third kappa shape index (κ3) is 2.54. The van der Waals surface area contributed by atoms with E-state index in [9.17, 15) is 9.59 Å². The Labute approximate surface area is 101 Å². The molecule has 0 saturated carbocycles. The van der Waals surface area contributed by atoms with E-state index in [1.165, 1.54) is 0 Å². The first kappa shape index (κ1) is 11.8. The number of piperidine rings is 1. The van der Waals surface area contributed by atoms with Crippen molar-refractivity contribution in [3.05, 3.63) is 35.4 Å². The smallest absolute Gasteiger partial charge is 0.253 e. The Morgan fingerprint density at radius 1 is 1.29 bits per heavy atom. The monoisotopic (exact) mass is 231 g/mol. The molecule has 1 aromatic carbocycles. The van der Waals surface area contributed by atoms with Gasteiger partial charge in [-0.05, 0) is 19.1 Å². The molecule has 0 N–H and O–H groups in total. The van der Waals surface area contributed by atoms with Gasteiger partial charge in [0, 0.05) is 31.0 Å². The van der Waals surface area contributed by atoms with Crippen molar-refractivity contribution < 1.29 is 9.59 Å². The standard InChI is InChI=1S/C14H17NO2/c1-10-3-5-12(6-4-10)14(17)15-8-7-13(16)11(2)9-15/h3-6,11H,7-9H2,1-2H3. The second kappa shape index (κ2) is 4.70. The molecule has 3 nitrogen and oxygen atoms in total. The van der Waals surface area contributed by atoms with Crippen LogP contribution in [0.3, 0.4) is 0 Å². The van der Waals surface area contributed by atoms with Gasteiger partial charge in [0.1, 0.15) is 5.78 Å². The van der Waals surface area contributed by atoms with Gasteiger partial charge in [0.15, 0.2) is 0 Å². The number of rotatable bonds is 1. The number of Topliss-reactive ketones (excluding diaryl/α,β-unsaturated/α-hetero) is 1. The molecule has 0 aromatic heterocycles. The lowest BCUT2D eigenvalue weighted by Gasteiger charge is -2.30. The molecule has 0 aliphatic carbocycles. The maximum atomic E-state index is 12.2. The van der Waals surface area contributed by atoms with E-state index in [0.29, 0.717) is 25.1 Å². The molecule has 1 fully saturated rings. The van der Waals surface area contributed by atoms with E-state index in [-0.39, 0.29) is 17.6 Å². The van der Waals surface area contributed by atoms with Crippen molar-refractivity contribution in [3.63, 3.8) is 0 Å². The molecule has 1 aliphatic rings. The first-order valence-electron chi connectivity index (χ1n) is 5.96. The molecule has 17 heavy (non-hydrogen) atoms. The fraction of sp³-hybridized carbons (Fsp3) is 0.429. The van der Waals surface area contributed by atoms with Crippen LogP contribution in [0.5, 0.6) is 0 Å². The maximum absolute atomic E-state index is 12.2. The molecule has 0 radical (unpaired) electrons. The van der Waals surface area contributed by atoms with Crippen molar-refractivity contribution in [1.29, 1.82) is 0 Å². The van der Waals surface area contributed by atoms with E-state index in [4.69, 9.17) is 0 Å². The van der Waals surface area contributed by atoms with Crippen LogP contribution in [0.4, 0.5) is 0 Å². The summed E-state index contributed by atoms with van der Waals surface area (Å²) in [4.78, 5) is 25.4. The normalized spacial score (nSPS) is 20.5. The van der Waals surface area contributed by atoms with E-state index in [2.05, 4.69) is 0 Å². The summed E-state index contributed by atoms with van der Waals surface area (Å²) in [7, 11) is 0. The van der Waals surface area contributed by atoms with Crippen molar-refractivity contribution in [3.8, 4) is 0 Å². The summed E-state index contributed by atoms with van der Waals surface area (Å²) < 4.78 is 0. The molecule has 1 atom stereocenters. The number of ketones is 1. The summed E-state index contributed by atoms with van der Waals surface area (Å²) >= 11 is 0. The van der Waals surface area contributed by atoms with Crippen LogP contribution in [0.25, 0.3) is 0 Å². The van der Waals surface area contributed by atoms with Gasteiger partial charge in [0.05, 0.1) is 0 Å². The molecule has 1 aliphatic heterocycles. The number of amides is 1. The zero-order valence-corrected chi connectivity index (χ0v) is 10.3. The first-order chi connectivity index (χ1) is 8.08. The topological polar surface area (TPSA) is 37.4 Å². The van der Waals surface area contributed by atoms with Crippen LogP contribution in [0.1, 0.15) is 29.3 Å². The number of nitrogens with zero attached hydrogens (tertiary/aromatic N) is 1. The van der Waals surface area contributed by atoms with E-state index in [1.807, 2.05) is 38.1 Å². The van der Waals surface area contributed by atoms with Crippen molar-refractivity contribution in [2.75, 3.05) is 13.1 Å². The Bertz CT molecular complexity index is 436. The highest BCUT2D eigenvalue weighted by atomic mass is 16.2. The Balaban J connectivity index is 2.10. The van der Waals surface area contributed by atoms with E-state index < -0.39 is 0 Å². The van der Waals surface area contributed by atoms with Crippen LogP contribution >= 0.6 is 0 Å². The lowest BCUT2D eigenvalue weighted by Crippen LogP contribution is -2.43. The predicted molar refractivity (Wildman–Crippen MR) is 65.9 cm³/mol. The summed E-state index contributed by atoms with van der Waals surface area (Å²) in [5.74, 6) is 0.264. The maximum Gasteiger partial charge on any atom is 0.253 e. The summed E-state index contributed by atoms with van der Waals surface area (Å²) in [5, 5.41) is 0. The van der Waals surface area contributed by atoms with Crippen LogP contribution in [-0.2, 0) is 4.79 Å². The minimum atomic E-state index is -0.0295. The Kier molecular flexibility index (Phi) is 3.27. The minimum absolute atomic E-state index is 0.0295. The van der Waals surface area contributed by atoms with Gasteiger partial charge in [-0.3, -0.25) is 9.59 Å². The van der Waals surface area contributed by atoms with Crippen LogP contribution in [0.2, 0.25) is 0 Å². The molecule has 2 rings (SSSR count). The molecule has 0 spiro atoms. The molecule has 1 heterocycles. The zero-order chi connectivity index (χ0) is 12.4. The van der Waals surface area contributed by atoms with Gasteiger partial charge in [-0.1, -0.05) is 24.6 Å². The highest BCUT2D eigenvalue weighted by Crippen LogP contribution is 2.15. The molecular weight excluding hydrogens is 214 g/mol. The third-order valence-corrected chi connectivity index (χ3v) is 3.26. The number of hydrogen-bond acceptors (Lipinski definition) is 2. The molecule has 1 saturated heterocycles. The van der Waals surface area contributed by atoms with Crippen LogP contribution in [0, 0.1) is 12.8 Å². The van der Waals surface area contributed by atoms with Crippen LogP contribution in [0.15, 0.2) is 24.3 Å². The average molecular weight is 231 g/mol. The van der Waals surface area contributed by atoms with E-state index >= 15 is 0 Å². The summed E-state index contributed by atoms with van der Waals surface area (Å²) in [6, 6.07) is 7.56. The second-order valence-electron chi connectivity index (χ2n) is 4.73. The lowest BCUT2D eigenvalue weighted by molar-refractivity contribution is -0.124. The van der Waals surface area contributed by atoms with Gasteiger partial charge in [0.25, 0.3) is 5.91 Å². The predicted octanol–water partition coefficient (Wildman–Crippen LogP) is 2.05. The Morgan fingerprint density at radius 3 is 2.53 bits per heavy atom. The Morgan fingerprint density at radius 2 is 1.94 bits per heavy atom. The summed E-state index contributed by atoms with van der Waals surface area (Å²) in [5.41, 5.74) is 1.85. The average Bonchev–Trinajstić information content (AvgIpc) is 2.33. The first-order valence-corrected chi connectivity index (χ1v) is 5.96. The van der Waals surface area contributed by atoms with Gasteiger partial charge in [0.2, 0.25) is 0 Å². The van der Waals surface area contributed by atoms with Gasteiger partial charge in [-0.25, -0.2) is 0 Å². The van der Waals surface area contributed by atoms with Crippen LogP contribution < -0.4 is 0 Å². The molecular formula is C14H17NO2. The molecule has 1 aromatic rings.